The molecule has 0 saturated heterocycles. The maximum atomic E-state index is 12.8. The molecular weight excluding hydrogens is 414 g/mol. The van der Waals surface area contributed by atoms with Gasteiger partial charge in [0.05, 0.1) is 4.90 Å². The molecule has 0 aromatic heterocycles. The zero-order valence-electron chi connectivity index (χ0n) is 15.3. The molecule has 4 bridgehead atoms. The predicted molar refractivity (Wildman–Crippen MR) is 106 cm³/mol. The van der Waals surface area contributed by atoms with E-state index >= 15 is 0 Å². The number of aryl methyl sites for hydroxylation is 1. The normalized spacial score (nSPS) is 35.5. The van der Waals surface area contributed by atoms with Crippen molar-refractivity contribution in [1.82, 2.24) is 0 Å². The summed E-state index contributed by atoms with van der Waals surface area (Å²) in [7, 11) is -3.23. The van der Waals surface area contributed by atoms with Crippen molar-refractivity contribution in [2.75, 3.05) is 11.6 Å². The van der Waals surface area contributed by atoms with Gasteiger partial charge in [0.2, 0.25) is 5.91 Å². The number of carbonyl (C=O) groups excluding carboxylic acids is 1. The van der Waals surface area contributed by atoms with Crippen LogP contribution in [0.2, 0.25) is 0 Å². The lowest BCUT2D eigenvalue weighted by atomic mass is 9.48. The summed E-state index contributed by atoms with van der Waals surface area (Å²) in [5.41, 5.74) is 1.63. The summed E-state index contributed by atoms with van der Waals surface area (Å²) in [4.78, 5) is 13.1. The monoisotopic (exact) mass is 439 g/mol. The third kappa shape index (κ3) is 3.47. The first-order valence-electron chi connectivity index (χ1n) is 9.35. The molecule has 4 nitrogen and oxygen atoms in total. The van der Waals surface area contributed by atoms with E-state index in [1.54, 1.807) is 18.2 Å². The lowest BCUT2D eigenvalue weighted by molar-refractivity contribution is -0.123. The molecule has 1 aromatic rings. The highest BCUT2D eigenvalue weighted by Crippen LogP contribution is 2.65. The fourth-order valence-electron chi connectivity index (χ4n) is 6.08. The molecular formula is C20H26BrNO3S. The summed E-state index contributed by atoms with van der Waals surface area (Å²) in [5, 5.41) is 3.03. The van der Waals surface area contributed by atoms with Crippen LogP contribution in [0.15, 0.2) is 23.1 Å². The number of halogens is 1. The van der Waals surface area contributed by atoms with E-state index in [1.165, 1.54) is 38.4 Å². The van der Waals surface area contributed by atoms with Gasteiger partial charge in [0.25, 0.3) is 0 Å². The number of alkyl halides is 1. The third-order valence-corrected chi connectivity index (χ3v) is 8.58. The van der Waals surface area contributed by atoms with Gasteiger partial charge < -0.3 is 5.32 Å². The van der Waals surface area contributed by atoms with E-state index in [1.807, 2.05) is 6.92 Å². The van der Waals surface area contributed by atoms with Crippen LogP contribution in [-0.2, 0) is 14.6 Å². The number of hydrogen-bond donors (Lipinski definition) is 1. The number of sulfone groups is 1. The Morgan fingerprint density at radius 3 is 2.42 bits per heavy atom. The Morgan fingerprint density at radius 1 is 1.23 bits per heavy atom. The molecule has 0 heterocycles. The van der Waals surface area contributed by atoms with E-state index in [0.29, 0.717) is 12.1 Å². The molecule has 1 N–H and O–H groups in total. The molecule has 0 spiro atoms. The van der Waals surface area contributed by atoms with Crippen molar-refractivity contribution >= 4 is 37.4 Å². The van der Waals surface area contributed by atoms with E-state index in [9.17, 15) is 13.2 Å². The molecule has 1 aromatic carbocycles. The Labute approximate surface area is 164 Å². The number of carbonyl (C=O) groups is 1. The zero-order valence-corrected chi connectivity index (χ0v) is 17.7. The molecule has 4 saturated carbocycles. The molecule has 0 aliphatic heterocycles. The Bertz CT molecular complexity index is 850. The summed E-state index contributed by atoms with van der Waals surface area (Å²) >= 11 is 4.00. The molecule has 4 aliphatic carbocycles. The maximum Gasteiger partial charge on any atom is 0.224 e. The highest BCUT2D eigenvalue weighted by atomic mass is 79.9. The van der Waals surface area contributed by atoms with Gasteiger partial charge in [-0.1, -0.05) is 15.9 Å². The van der Waals surface area contributed by atoms with Crippen LogP contribution in [0.4, 0.5) is 5.69 Å². The van der Waals surface area contributed by atoms with Crippen LogP contribution in [0.5, 0.6) is 0 Å². The van der Waals surface area contributed by atoms with Crippen LogP contribution in [0.1, 0.15) is 50.5 Å². The van der Waals surface area contributed by atoms with E-state index in [4.69, 9.17) is 0 Å². The summed E-state index contributed by atoms with van der Waals surface area (Å²) in [6, 6.07) is 4.90. The van der Waals surface area contributed by atoms with Crippen LogP contribution >= 0.6 is 15.9 Å². The molecule has 0 radical (unpaired) electrons. The number of amides is 1. The smallest absolute Gasteiger partial charge is 0.224 e. The molecule has 4 aliphatic rings. The molecule has 2 unspecified atom stereocenters. The summed E-state index contributed by atoms with van der Waals surface area (Å²) in [6.07, 6.45) is 9.09. The van der Waals surface area contributed by atoms with Gasteiger partial charge in [-0.05, 0) is 86.5 Å². The average molecular weight is 440 g/mol. The third-order valence-electron chi connectivity index (χ3n) is 6.55. The first-order valence-corrected chi connectivity index (χ1v) is 12.0. The van der Waals surface area contributed by atoms with Gasteiger partial charge in [-0.2, -0.15) is 0 Å². The fraction of sp³-hybridized carbons (Fsp3) is 0.650. The average Bonchev–Trinajstić information content (AvgIpc) is 2.44. The van der Waals surface area contributed by atoms with Gasteiger partial charge in [-0.25, -0.2) is 8.42 Å². The second kappa shape index (κ2) is 6.06. The molecule has 142 valence electrons. The molecule has 26 heavy (non-hydrogen) atoms. The van der Waals surface area contributed by atoms with E-state index in [0.717, 1.165) is 23.8 Å². The summed E-state index contributed by atoms with van der Waals surface area (Å²) in [5.74, 6) is 1.58. The van der Waals surface area contributed by atoms with Gasteiger partial charge in [0, 0.05) is 22.7 Å². The summed E-state index contributed by atoms with van der Waals surface area (Å²) in [6.45, 7) is 1.84. The van der Waals surface area contributed by atoms with Crippen LogP contribution < -0.4 is 5.32 Å². The molecule has 4 fully saturated rings. The van der Waals surface area contributed by atoms with E-state index < -0.39 is 9.84 Å². The minimum absolute atomic E-state index is 0.0539. The standard InChI is InChI=1S/C20H26BrNO3S/c1-13-5-16(26(2,24)25)3-4-17(13)22-18(23)11-19-7-14-6-15(8-19)10-20(21,9-14)12-19/h3-5,14-15H,6-12H2,1-2H3,(H,22,23). The minimum atomic E-state index is -3.23. The quantitative estimate of drug-likeness (QED) is 0.704. The highest BCUT2D eigenvalue weighted by molar-refractivity contribution is 9.10. The molecule has 2 atom stereocenters. The number of nitrogens with one attached hydrogen (secondary N) is 1. The Kier molecular flexibility index (Phi) is 4.31. The first-order chi connectivity index (χ1) is 12.1. The van der Waals surface area contributed by atoms with Crippen molar-refractivity contribution in [1.29, 1.82) is 0 Å². The van der Waals surface area contributed by atoms with Crippen molar-refractivity contribution < 1.29 is 13.2 Å². The van der Waals surface area contributed by atoms with Gasteiger partial charge in [0.15, 0.2) is 9.84 Å². The van der Waals surface area contributed by atoms with Gasteiger partial charge in [-0.15, -0.1) is 0 Å². The van der Waals surface area contributed by atoms with Crippen LogP contribution in [0, 0.1) is 24.2 Å². The van der Waals surface area contributed by atoms with Gasteiger partial charge in [0.1, 0.15) is 0 Å². The van der Waals surface area contributed by atoms with Crippen molar-refractivity contribution in [2.24, 2.45) is 17.3 Å². The SMILES string of the molecule is Cc1cc(S(C)(=O)=O)ccc1NC(=O)CC12CC3CC(CC(Br)(C3)C1)C2. The Balaban J connectivity index is 1.48. The number of hydrogen-bond acceptors (Lipinski definition) is 3. The predicted octanol–water partition coefficient (Wildman–Crippen LogP) is 4.46. The number of anilines is 1. The van der Waals surface area contributed by atoms with Crippen molar-refractivity contribution in [3.05, 3.63) is 23.8 Å². The molecule has 6 heteroatoms. The lowest BCUT2D eigenvalue weighted by Gasteiger charge is -2.60. The van der Waals surface area contributed by atoms with Gasteiger partial charge >= 0.3 is 0 Å². The Hall–Kier alpha value is -0.880. The molecule has 1 amide bonds. The van der Waals surface area contributed by atoms with Crippen LogP contribution in [0.25, 0.3) is 0 Å². The number of benzene rings is 1. The topological polar surface area (TPSA) is 63.2 Å². The Morgan fingerprint density at radius 2 is 1.88 bits per heavy atom. The highest BCUT2D eigenvalue weighted by Gasteiger charge is 2.57. The number of rotatable bonds is 4. The van der Waals surface area contributed by atoms with E-state index in [2.05, 4.69) is 21.2 Å². The zero-order chi connectivity index (χ0) is 18.7. The van der Waals surface area contributed by atoms with Crippen molar-refractivity contribution in [3.63, 3.8) is 0 Å². The lowest BCUT2D eigenvalue weighted by Crippen LogP contribution is -2.53. The maximum absolute atomic E-state index is 12.8. The van der Waals surface area contributed by atoms with Crippen molar-refractivity contribution in [2.45, 2.75) is 61.1 Å². The van der Waals surface area contributed by atoms with Crippen LogP contribution in [-0.4, -0.2) is 24.9 Å². The van der Waals surface area contributed by atoms with Gasteiger partial charge in [-0.3, -0.25) is 4.79 Å². The van der Waals surface area contributed by atoms with Crippen molar-refractivity contribution in [3.8, 4) is 0 Å². The second-order valence-electron chi connectivity index (χ2n) is 9.09. The van der Waals surface area contributed by atoms with E-state index in [-0.39, 0.29) is 20.5 Å². The fourth-order valence-corrected chi connectivity index (χ4v) is 8.30. The second-order valence-corrected chi connectivity index (χ2v) is 12.8. The first kappa shape index (κ1) is 18.5. The summed E-state index contributed by atoms with van der Waals surface area (Å²) < 4.78 is 23.6. The largest absolute Gasteiger partial charge is 0.326 e. The molecule has 5 rings (SSSR count). The van der Waals surface area contributed by atoms with Crippen LogP contribution in [0.3, 0.4) is 0 Å². The minimum Gasteiger partial charge on any atom is -0.326 e.